The Labute approximate surface area is 171 Å². The van der Waals surface area contributed by atoms with E-state index in [2.05, 4.69) is 35.1 Å². The molecule has 0 aromatic carbocycles. The number of imidazole rings is 1. The minimum absolute atomic E-state index is 0.308. The molecule has 1 aliphatic carbocycles. The number of nitrogens with zero attached hydrogens (tertiary/aromatic N) is 3. The van der Waals surface area contributed by atoms with Crippen molar-refractivity contribution in [2.75, 3.05) is 0 Å². The third kappa shape index (κ3) is 12.9. The van der Waals surface area contributed by atoms with Crippen LogP contribution < -0.4 is 5.73 Å². The molecule has 1 aliphatic rings. The van der Waals surface area contributed by atoms with Crippen molar-refractivity contribution in [1.82, 2.24) is 9.55 Å². The molecule has 0 spiro atoms. The maximum absolute atomic E-state index is 9.55. The van der Waals surface area contributed by atoms with Crippen molar-refractivity contribution < 1.29 is 10.3 Å². The van der Waals surface area contributed by atoms with Crippen molar-refractivity contribution in [3.63, 3.8) is 0 Å². The largest absolute Gasteiger partial charge is 0.411 e. The van der Waals surface area contributed by atoms with Gasteiger partial charge < -0.3 is 20.6 Å². The third-order valence-electron chi connectivity index (χ3n) is 3.05. The molecule has 6 heteroatoms. The van der Waals surface area contributed by atoms with E-state index in [9.17, 15) is 5.11 Å². The minimum Gasteiger partial charge on any atom is -0.411 e. The van der Waals surface area contributed by atoms with Crippen LogP contribution in [0.25, 0.3) is 0 Å². The normalized spacial score (nSPS) is 14.1. The highest BCUT2D eigenvalue weighted by Crippen LogP contribution is 2.30. The Morgan fingerprint density at radius 1 is 1.32 bits per heavy atom. The van der Waals surface area contributed by atoms with Crippen LogP contribution in [-0.4, -0.2) is 31.1 Å². The first-order valence-electron chi connectivity index (χ1n) is 9.92. The second-order valence-corrected chi connectivity index (χ2v) is 4.94. The fourth-order valence-electron chi connectivity index (χ4n) is 1.70. The average molecular weight is 393 g/mol. The van der Waals surface area contributed by atoms with Crippen molar-refractivity contribution >= 4 is 5.71 Å². The molecule has 0 amide bonds. The Morgan fingerprint density at radius 2 is 1.86 bits per heavy atom. The molecule has 0 saturated heterocycles. The van der Waals surface area contributed by atoms with Gasteiger partial charge in [0.1, 0.15) is 11.9 Å². The van der Waals surface area contributed by atoms with Crippen LogP contribution >= 0.6 is 0 Å². The summed E-state index contributed by atoms with van der Waals surface area (Å²) < 4.78 is 1.71. The van der Waals surface area contributed by atoms with Crippen molar-refractivity contribution in [3.8, 4) is 11.8 Å². The molecule has 6 nitrogen and oxygen atoms in total. The van der Waals surface area contributed by atoms with Crippen LogP contribution in [0, 0.1) is 11.8 Å². The van der Waals surface area contributed by atoms with Gasteiger partial charge >= 0.3 is 0 Å². The van der Waals surface area contributed by atoms with Crippen LogP contribution in [0.1, 0.15) is 73.2 Å². The number of allylic oxidation sites excluding steroid dienone is 2. The summed E-state index contributed by atoms with van der Waals surface area (Å²) in [6.07, 6.45) is 7.72. The summed E-state index contributed by atoms with van der Waals surface area (Å²) in [5, 5.41) is 21.8. The molecule has 1 fully saturated rings. The van der Waals surface area contributed by atoms with Gasteiger partial charge in [-0.15, -0.1) is 13.2 Å². The van der Waals surface area contributed by atoms with E-state index in [0.29, 0.717) is 18.1 Å². The summed E-state index contributed by atoms with van der Waals surface area (Å²) in [5.41, 5.74) is 5.93. The molecule has 160 valence electrons. The van der Waals surface area contributed by atoms with Gasteiger partial charge in [0.05, 0.1) is 17.8 Å². The third-order valence-corrected chi connectivity index (χ3v) is 3.05. The van der Waals surface area contributed by atoms with E-state index in [1.165, 1.54) is 0 Å². The second-order valence-electron chi connectivity index (χ2n) is 4.94. The smallest absolute Gasteiger partial charge is 0.137 e. The Morgan fingerprint density at radius 3 is 2.29 bits per heavy atom. The zero-order valence-electron chi connectivity index (χ0n) is 18.7. The number of nitrogens with two attached hydrogens (primary N) is 1. The first kappa shape index (κ1) is 30.4. The molecule has 1 heterocycles. The van der Waals surface area contributed by atoms with Gasteiger partial charge in [-0.2, -0.15) is 0 Å². The Kier molecular flexibility index (Phi) is 21.0. The van der Waals surface area contributed by atoms with Gasteiger partial charge in [-0.25, -0.2) is 4.98 Å². The molecule has 0 bridgehead atoms. The standard InChI is InChI=1S/C14H18N4O2.3C2H6.C2H4/c1-11(19)13-16-8-9-18(13)10-12(17-20)4-2-3-5-14(15)6-7-14;4*1-2/h2,4,8-9,11,19-20H,6-7,10,15H2,1H3;3*1-2H3;1-2H2/b4-2+,17-12+;;;;. The molecule has 1 unspecified atom stereocenters. The lowest BCUT2D eigenvalue weighted by Crippen LogP contribution is -2.18. The van der Waals surface area contributed by atoms with E-state index < -0.39 is 6.10 Å². The Balaban J connectivity index is -0.000000695. The zero-order chi connectivity index (χ0) is 22.6. The lowest BCUT2D eigenvalue weighted by atomic mass is 10.2. The maximum Gasteiger partial charge on any atom is 0.137 e. The van der Waals surface area contributed by atoms with E-state index in [0.717, 1.165) is 12.8 Å². The summed E-state index contributed by atoms with van der Waals surface area (Å²) in [6, 6.07) is 0. The summed E-state index contributed by atoms with van der Waals surface area (Å²) in [7, 11) is 0. The second kappa shape index (κ2) is 19.4. The summed E-state index contributed by atoms with van der Waals surface area (Å²) in [6.45, 7) is 19.9. The number of aliphatic hydroxyl groups excluding tert-OH is 1. The number of oxime groups is 1. The van der Waals surface area contributed by atoms with Crippen LogP contribution in [-0.2, 0) is 6.54 Å². The highest BCUT2D eigenvalue weighted by Gasteiger charge is 2.35. The first-order chi connectivity index (χ1) is 13.5. The van der Waals surface area contributed by atoms with Gasteiger partial charge in [0.2, 0.25) is 0 Å². The number of rotatable bonds is 4. The molecule has 0 radical (unpaired) electrons. The number of aliphatic hydroxyl groups is 1. The molecule has 1 atom stereocenters. The molecule has 2 rings (SSSR count). The zero-order valence-corrected chi connectivity index (χ0v) is 18.7. The van der Waals surface area contributed by atoms with Gasteiger partial charge in [0.15, 0.2) is 0 Å². The molecular formula is C22H40N4O2. The predicted octanol–water partition coefficient (Wildman–Crippen LogP) is 4.70. The summed E-state index contributed by atoms with van der Waals surface area (Å²) in [4.78, 5) is 4.05. The van der Waals surface area contributed by atoms with Gasteiger partial charge in [-0.05, 0) is 31.9 Å². The molecule has 4 N–H and O–H groups in total. The van der Waals surface area contributed by atoms with E-state index in [1.54, 1.807) is 36.0 Å². The van der Waals surface area contributed by atoms with Crippen molar-refractivity contribution in [1.29, 1.82) is 0 Å². The van der Waals surface area contributed by atoms with Crippen molar-refractivity contribution in [3.05, 3.63) is 43.5 Å². The predicted molar refractivity (Wildman–Crippen MR) is 120 cm³/mol. The van der Waals surface area contributed by atoms with Gasteiger partial charge in [-0.1, -0.05) is 58.5 Å². The fourth-order valence-corrected chi connectivity index (χ4v) is 1.70. The number of hydrogen-bond acceptors (Lipinski definition) is 5. The average Bonchev–Trinajstić information content (AvgIpc) is 3.30. The van der Waals surface area contributed by atoms with E-state index in [4.69, 9.17) is 10.9 Å². The minimum atomic E-state index is -0.680. The summed E-state index contributed by atoms with van der Waals surface area (Å²) in [5.74, 6) is 6.31. The first-order valence-corrected chi connectivity index (χ1v) is 9.92. The van der Waals surface area contributed by atoms with Gasteiger partial charge in [0.25, 0.3) is 0 Å². The van der Waals surface area contributed by atoms with Crippen LogP contribution in [0.4, 0.5) is 0 Å². The van der Waals surface area contributed by atoms with E-state index in [-0.39, 0.29) is 5.54 Å². The van der Waals surface area contributed by atoms with Crippen LogP contribution in [0.5, 0.6) is 0 Å². The van der Waals surface area contributed by atoms with Crippen molar-refractivity contribution in [2.24, 2.45) is 10.9 Å². The summed E-state index contributed by atoms with van der Waals surface area (Å²) >= 11 is 0. The van der Waals surface area contributed by atoms with Crippen LogP contribution in [0.15, 0.2) is 42.9 Å². The van der Waals surface area contributed by atoms with Crippen LogP contribution in [0.2, 0.25) is 0 Å². The van der Waals surface area contributed by atoms with Crippen LogP contribution in [0.3, 0.4) is 0 Å². The number of hydrogen-bond donors (Lipinski definition) is 3. The quantitative estimate of drug-likeness (QED) is 0.227. The lowest BCUT2D eigenvalue weighted by molar-refractivity contribution is 0.185. The fraction of sp³-hybridized carbons (Fsp3) is 0.545. The molecule has 28 heavy (non-hydrogen) atoms. The SMILES string of the molecule is C=C.CC.CC.CC.CC(O)c1nccn1CC(/C=C/C#CC1(N)CC1)=N/O. The van der Waals surface area contributed by atoms with E-state index >= 15 is 0 Å². The maximum atomic E-state index is 9.55. The molecule has 0 aliphatic heterocycles. The highest BCUT2D eigenvalue weighted by molar-refractivity contribution is 5.94. The number of aromatic nitrogens is 2. The molecular weight excluding hydrogens is 352 g/mol. The Bertz CT molecular complexity index is 604. The lowest BCUT2D eigenvalue weighted by Gasteiger charge is -2.08. The topological polar surface area (TPSA) is 96.7 Å². The van der Waals surface area contributed by atoms with Crippen molar-refractivity contribution in [2.45, 2.75) is 79.5 Å². The highest BCUT2D eigenvalue weighted by atomic mass is 16.4. The van der Waals surface area contributed by atoms with Gasteiger partial charge in [-0.3, -0.25) is 0 Å². The van der Waals surface area contributed by atoms with E-state index in [1.807, 2.05) is 41.5 Å². The molecule has 1 aromatic rings. The monoisotopic (exact) mass is 392 g/mol. The molecule has 1 saturated carbocycles. The molecule has 1 aromatic heterocycles. The Hall–Kier alpha value is -2.36. The van der Waals surface area contributed by atoms with Gasteiger partial charge in [0, 0.05) is 12.4 Å².